The van der Waals surface area contributed by atoms with Crippen LogP contribution in [0.1, 0.15) is 10.4 Å². The van der Waals surface area contributed by atoms with Gasteiger partial charge in [-0.15, -0.1) is 0 Å². The summed E-state index contributed by atoms with van der Waals surface area (Å²) in [6, 6.07) is 19.3. The van der Waals surface area contributed by atoms with Crippen molar-refractivity contribution in [2.75, 3.05) is 13.7 Å². The van der Waals surface area contributed by atoms with E-state index in [0.717, 1.165) is 10.8 Å². The van der Waals surface area contributed by atoms with Crippen LogP contribution in [-0.2, 0) is 0 Å². The molecule has 4 rings (SSSR count). The zero-order chi connectivity index (χ0) is 18.8. The van der Waals surface area contributed by atoms with Gasteiger partial charge in [-0.1, -0.05) is 18.2 Å². The van der Waals surface area contributed by atoms with Crippen LogP contribution in [0.2, 0.25) is 0 Å². The van der Waals surface area contributed by atoms with E-state index in [1.165, 1.54) is 0 Å². The highest BCUT2D eigenvalue weighted by molar-refractivity contribution is 6.04. The van der Waals surface area contributed by atoms with E-state index in [1.54, 1.807) is 55.6 Å². The average molecular weight is 360 g/mol. The number of carbonyl (C=O) groups is 1. The number of carbonyl (C=O) groups excluding carboxylic acids is 1. The van der Waals surface area contributed by atoms with Gasteiger partial charge in [-0.2, -0.15) is 0 Å². The van der Waals surface area contributed by atoms with E-state index < -0.39 is 5.63 Å². The molecule has 0 fully saturated rings. The maximum atomic E-state index is 12.3. The van der Waals surface area contributed by atoms with Crippen molar-refractivity contribution in [2.45, 2.75) is 0 Å². The molecule has 0 aliphatic heterocycles. The SMILES string of the molecule is COc1ccc(C(=O)COc2ccc3c(c2)oc(=O)c2ccccc23)cc1. The summed E-state index contributed by atoms with van der Waals surface area (Å²) in [7, 11) is 1.57. The van der Waals surface area contributed by atoms with Gasteiger partial charge < -0.3 is 13.9 Å². The smallest absolute Gasteiger partial charge is 0.344 e. The number of benzene rings is 3. The van der Waals surface area contributed by atoms with E-state index in [9.17, 15) is 9.59 Å². The van der Waals surface area contributed by atoms with Crippen molar-refractivity contribution in [3.63, 3.8) is 0 Å². The summed E-state index contributed by atoms with van der Waals surface area (Å²) in [5.74, 6) is 0.991. The van der Waals surface area contributed by atoms with Crippen LogP contribution in [-0.4, -0.2) is 19.5 Å². The van der Waals surface area contributed by atoms with Crippen molar-refractivity contribution >= 4 is 27.5 Å². The highest BCUT2D eigenvalue weighted by atomic mass is 16.5. The average Bonchev–Trinajstić information content (AvgIpc) is 2.72. The standard InChI is InChI=1S/C22H16O5/c1-25-15-8-6-14(7-9-15)20(23)13-26-16-10-11-18-17-4-2-3-5-19(17)22(24)27-21(18)12-16/h2-12H,13H2,1H3. The van der Waals surface area contributed by atoms with Gasteiger partial charge >= 0.3 is 5.63 Å². The third-order valence-electron chi connectivity index (χ3n) is 4.37. The Hall–Kier alpha value is -3.60. The van der Waals surface area contributed by atoms with Gasteiger partial charge in [-0.05, 0) is 47.9 Å². The molecule has 0 radical (unpaired) electrons. The fourth-order valence-electron chi connectivity index (χ4n) is 2.96. The monoisotopic (exact) mass is 360 g/mol. The second-order valence-electron chi connectivity index (χ2n) is 6.03. The first-order valence-corrected chi connectivity index (χ1v) is 8.41. The topological polar surface area (TPSA) is 65.7 Å². The molecule has 5 heteroatoms. The van der Waals surface area contributed by atoms with Crippen LogP contribution < -0.4 is 15.1 Å². The van der Waals surface area contributed by atoms with Gasteiger partial charge in [-0.25, -0.2) is 4.79 Å². The highest BCUT2D eigenvalue weighted by Crippen LogP contribution is 2.26. The van der Waals surface area contributed by atoms with E-state index in [1.807, 2.05) is 18.2 Å². The first kappa shape index (κ1) is 16.8. The number of hydrogen-bond donors (Lipinski definition) is 0. The number of fused-ring (bicyclic) bond motifs is 3. The molecule has 4 aromatic rings. The molecular formula is C22H16O5. The molecule has 0 bridgehead atoms. The Morgan fingerprint density at radius 3 is 2.33 bits per heavy atom. The summed E-state index contributed by atoms with van der Waals surface area (Å²) in [5, 5.41) is 2.18. The molecule has 27 heavy (non-hydrogen) atoms. The minimum Gasteiger partial charge on any atom is -0.497 e. The maximum absolute atomic E-state index is 12.3. The predicted octanol–water partition coefficient (Wildman–Crippen LogP) is 4.22. The number of ketones is 1. The Kier molecular flexibility index (Phi) is 4.34. The highest BCUT2D eigenvalue weighted by Gasteiger charge is 2.10. The summed E-state index contributed by atoms with van der Waals surface area (Å²) >= 11 is 0. The fraction of sp³-hybridized carbons (Fsp3) is 0.0909. The number of rotatable bonds is 5. The number of hydrogen-bond acceptors (Lipinski definition) is 5. The summed E-state index contributed by atoms with van der Waals surface area (Å²) < 4.78 is 16.1. The Labute approximate surface area is 154 Å². The van der Waals surface area contributed by atoms with E-state index in [-0.39, 0.29) is 12.4 Å². The van der Waals surface area contributed by atoms with Crippen molar-refractivity contribution in [1.82, 2.24) is 0 Å². The van der Waals surface area contributed by atoms with Gasteiger partial charge in [0.2, 0.25) is 0 Å². The van der Waals surface area contributed by atoms with Crippen molar-refractivity contribution < 1.29 is 18.7 Å². The van der Waals surface area contributed by atoms with Crippen LogP contribution >= 0.6 is 0 Å². The fourth-order valence-corrected chi connectivity index (χ4v) is 2.96. The number of ether oxygens (including phenoxy) is 2. The van der Waals surface area contributed by atoms with Gasteiger partial charge in [0, 0.05) is 17.0 Å². The minimum atomic E-state index is -0.399. The second kappa shape index (κ2) is 6.96. The Morgan fingerprint density at radius 1 is 0.889 bits per heavy atom. The molecule has 0 saturated heterocycles. The first-order valence-electron chi connectivity index (χ1n) is 8.41. The van der Waals surface area contributed by atoms with Crippen LogP contribution in [0.5, 0.6) is 11.5 Å². The molecule has 0 spiro atoms. The van der Waals surface area contributed by atoms with Crippen LogP contribution in [0, 0.1) is 0 Å². The lowest BCUT2D eigenvalue weighted by molar-refractivity contribution is 0.0921. The van der Waals surface area contributed by atoms with Gasteiger partial charge in [0.25, 0.3) is 0 Å². The molecule has 134 valence electrons. The van der Waals surface area contributed by atoms with Crippen LogP contribution in [0.25, 0.3) is 21.7 Å². The van der Waals surface area contributed by atoms with Crippen molar-refractivity contribution in [1.29, 1.82) is 0 Å². The quantitative estimate of drug-likeness (QED) is 0.303. The summed E-state index contributed by atoms with van der Waals surface area (Å²) in [6.45, 7) is -0.115. The Balaban J connectivity index is 1.58. The van der Waals surface area contributed by atoms with Crippen molar-refractivity contribution in [2.24, 2.45) is 0 Å². The zero-order valence-electron chi connectivity index (χ0n) is 14.6. The number of methoxy groups -OCH3 is 1. The van der Waals surface area contributed by atoms with Crippen LogP contribution in [0.4, 0.5) is 0 Å². The molecule has 1 aromatic heterocycles. The largest absolute Gasteiger partial charge is 0.497 e. The number of Topliss-reactive ketones (excluding diaryl/α,β-unsaturated/α-hetero) is 1. The van der Waals surface area contributed by atoms with E-state index in [2.05, 4.69) is 0 Å². The zero-order valence-corrected chi connectivity index (χ0v) is 14.6. The lowest BCUT2D eigenvalue weighted by atomic mass is 10.1. The van der Waals surface area contributed by atoms with E-state index in [4.69, 9.17) is 13.9 Å². The third kappa shape index (κ3) is 3.27. The summed E-state index contributed by atoms with van der Waals surface area (Å²) in [6.07, 6.45) is 0. The second-order valence-corrected chi connectivity index (χ2v) is 6.03. The van der Waals surface area contributed by atoms with Gasteiger partial charge in [0.15, 0.2) is 12.4 Å². The van der Waals surface area contributed by atoms with Crippen LogP contribution in [0.3, 0.4) is 0 Å². The predicted molar refractivity (Wildman–Crippen MR) is 103 cm³/mol. The van der Waals surface area contributed by atoms with E-state index in [0.29, 0.717) is 28.0 Å². The third-order valence-corrected chi connectivity index (χ3v) is 4.37. The van der Waals surface area contributed by atoms with E-state index >= 15 is 0 Å². The summed E-state index contributed by atoms with van der Waals surface area (Å²) in [4.78, 5) is 24.4. The normalized spacial score (nSPS) is 10.9. The van der Waals surface area contributed by atoms with Gasteiger partial charge in [-0.3, -0.25) is 4.79 Å². The Morgan fingerprint density at radius 2 is 1.59 bits per heavy atom. The molecule has 3 aromatic carbocycles. The molecular weight excluding hydrogens is 344 g/mol. The lowest BCUT2D eigenvalue weighted by Gasteiger charge is -2.08. The molecule has 0 amide bonds. The lowest BCUT2D eigenvalue weighted by Crippen LogP contribution is -2.11. The van der Waals surface area contributed by atoms with Gasteiger partial charge in [0.1, 0.15) is 17.1 Å². The van der Waals surface area contributed by atoms with Gasteiger partial charge in [0.05, 0.1) is 12.5 Å². The summed E-state index contributed by atoms with van der Waals surface area (Å²) in [5.41, 5.74) is 0.562. The molecule has 0 aliphatic rings. The van der Waals surface area contributed by atoms with Crippen molar-refractivity contribution in [3.8, 4) is 11.5 Å². The maximum Gasteiger partial charge on any atom is 0.344 e. The first-order chi connectivity index (χ1) is 13.2. The molecule has 0 unspecified atom stereocenters. The molecule has 0 atom stereocenters. The van der Waals surface area contributed by atoms with Crippen molar-refractivity contribution in [3.05, 3.63) is 82.7 Å². The molecule has 0 N–H and O–H groups in total. The molecule has 0 saturated carbocycles. The Bertz CT molecular complexity index is 1190. The molecule has 5 nitrogen and oxygen atoms in total. The molecule has 1 heterocycles. The van der Waals surface area contributed by atoms with Crippen LogP contribution in [0.15, 0.2) is 75.9 Å². The molecule has 0 aliphatic carbocycles. The minimum absolute atomic E-state index is 0.115.